The van der Waals surface area contributed by atoms with Crippen LogP contribution >= 0.6 is 57.1 Å². The van der Waals surface area contributed by atoms with E-state index in [1.807, 2.05) is 34.4 Å². The number of thiophene rings is 4. The highest BCUT2D eigenvalue weighted by molar-refractivity contribution is 8.11. The summed E-state index contributed by atoms with van der Waals surface area (Å²) in [6, 6.07) is 9.02. The quantitative estimate of drug-likeness (QED) is 0.354. The van der Waals surface area contributed by atoms with Gasteiger partial charge in [-0.3, -0.25) is 0 Å². The minimum Gasteiger partial charge on any atom is -0.341 e. The summed E-state index contributed by atoms with van der Waals surface area (Å²) in [5, 5.41) is 16.2. The topological polar surface area (TPSA) is 50.9 Å². The van der Waals surface area contributed by atoms with Crippen molar-refractivity contribution in [1.82, 2.24) is 4.90 Å². The van der Waals surface area contributed by atoms with Gasteiger partial charge in [0.25, 0.3) is 0 Å². The summed E-state index contributed by atoms with van der Waals surface area (Å²) in [6.45, 7) is 4.37. The van der Waals surface area contributed by atoms with Crippen molar-refractivity contribution >= 4 is 98.9 Å². The Hall–Kier alpha value is -1.71. The lowest BCUT2D eigenvalue weighted by molar-refractivity contribution is 0.616. The highest BCUT2D eigenvalue weighted by Gasteiger charge is 2.20. The molecule has 0 radical (unpaired) electrons. The van der Waals surface area contributed by atoms with E-state index in [1.165, 1.54) is 60.5 Å². The van der Waals surface area contributed by atoms with Crippen molar-refractivity contribution in [3.8, 4) is 0 Å². The van der Waals surface area contributed by atoms with Gasteiger partial charge in [0.05, 0.1) is 9.56 Å². The monoisotopic (exact) mass is 471 g/mol. The van der Waals surface area contributed by atoms with Gasteiger partial charge >= 0.3 is 0 Å². The third-order valence-corrected chi connectivity index (χ3v) is 11.3. The van der Waals surface area contributed by atoms with E-state index in [4.69, 9.17) is 10.8 Å². The standard InChI is InChI=1S/C21H17N3S5/c1-10-11(2)25-21(24(10)3)20-7-19-18(29-20)6-17(28-19)16-5-15-14(27-16)4-13(26-15)12(8-22)9-23/h4-9,22-23H,1-3H3/b13-12?,17-16+,21-20-,22-8?,23-9?. The van der Waals surface area contributed by atoms with Gasteiger partial charge in [-0.05, 0) is 38.1 Å². The number of hydrogen-bond acceptors (Lipinski definition) is 8. The molecule has 0 atom stereocenters. The van der Waals surface area contributed by atoms with Crippen molar-refractivity contribution in [3.63, 3.8) is 0 Å². The molecule has 1 aliphatic heterocycles. The van der Waals surface area contributed by atoms with Gasteiger partial charge in [-0.2, -0.15) is 0 Å². The van der Waals surface area contributed by atoms with Gasteiger partial charge in [0.1, 0.15) is 0 Å². The summed E-state index contributed by atoms with van der Waals surface area (Å²) >= 11 is 9.07. The number of hydrogen-bond donors (Lipinski definition) is 2. The van der Waals surface area contributed by atoms with Crippen molar-refractivity contribution in [2.24, 2.45) is 0 Å². The van der Waals surface area contributed by atoms with E-state index < -0.39 is 0 Å². The number of nitrogens with one attached hydrogen (secondary N) is 2. The second-order valence-corrected chi connectivity index (χ2v) is 12.3. The molecule has 0 aliphatic carbocycles. The zero-order valence-electron chi connectivity index (χ0n) is 16.0. The Bertz CT molecular complexity index is 1470. The first-order valence-corrected chi connectivity index (χ1v) is 13.0. The lowest BCUT2D eigenvalue weighted by Gasteiger charge is -2.13. The molecule has 3 nitrogen and oxygen atoms in total. The molecule has 146 valence electrons. The fraction of sp³-hybridized carbons (Fsp3) is 0.143. The second kappa shape index (κ2) is 7.21. The van der Waals surface area contributed by atoms with Crippen molar-refractivity contribution in [2.75, 3.05) is 7.05 Å². The van der Waals surface area contributed by atoms with E-state index in [2.05, 4.69) is 50.1 Å². The maximum atomic E-state index is 7.45. The molecular formula is C21H17N3S5. The number of rotatable bonds is 2. The van der Waals surface area contributed by atoms with Crippen LogP contribution in [-0.4, -0.2) is 24.4 Å². The van der Waals surface area contributed by atoms with Crippen molar-refractivity contribution in [2.45, 2.75) is 13.8 Å². The van der Waals surface area contributed by atoms with Crippen LogP contribution < -0.4 is 9.06 Å². The lowest BCUT2D eigenvalue weighted by atomic mass is 10.3. The fourth-order valence-corrected chi connectivity index (χ4v) is 9.32. The highest BCUT2D eigenvalue weighted by atomic mass is 32.2. The maximum absolute atomic E-state index is 7.45. The van der Waals surface area contributed by atoms with Crippen molar-refractivity contribution in [1.29, 1.82) is 10.8 Å². The van der Waals surface area contributed by atoms with Crippen molar-refractivity contribution in [3.05, 3.63) is 53.0 Å². The predicted octanol–water partition coefficient (Wildman–Crippen LogP) is 5.97. The molecule has 0 spiro atoms. The SMILES string of the molecule is CC1=C(C)N(C)/C(=c2\cc3s/c(=c4\cc5sc(=C(C=N)C=N)cc5s4)cc3s2)S1. The van der Waals surface area contributed by atoms with Crippen LogP contribution in [0.3, 0.4) is 0 Å². The van der Waals surface area contributed by atoms with E-state index in [0.29, 0.717) is 5.57 Å². The van der Waals surface area contributed by atoms with Crippen molar-refractivity contribution < 1.29 is 0 Å². The maximum Gasteiger partial charge on any atom is 0.0969 e. The summed E-state index contributed by atoms with van der Waals surface area (Å²) in [6.07, 6.45) is 2.51. The molecular weight excluding hydrogens is 455 g/mol. The lowest BCUT2D eigenvalue weighted by Crippen LogP contribution is -2.13. The van der Waals surface area contributed by atoms with Gasteiger partial charge in [-0.25, -0.2) is 0 Å². The summed E-state index contributed by atoms with van der Waals surface area (Å²) in [7, 11) is 2.15. The van der Waals surface area contributed by atoms with Crippen LogP contribution in [0.2, 0.25) is 0 Å². The number of nitrogens with zero attached hydrogens (tertiary/aromatic N) is 1. The van der Waals surface area contributed by atoms with Crippen LogP contribution in [-0.2, 0) is 0 Å². The molecule has 29 heavy (non-hydrogen) atoms. The molecule has 0 fully saturated rings. The van der Waals surface area contributed by atoms with Crippen LogP contribution in [0.1, 0.15) is 13.8 Å². The third kappa shape index (κ3) is 3.14. The summed E-state index contributed by atoms with van der Waals surface area (Å²) in [4.78, 5) is 3.68. The summed E-state index contributed by atoms with van der Waals surface area (Å²) < 4.78 is 10.1. The van der Waals surface area contributed by atoms with Crippen LogP contribution in [0.4, 0.5) is 0 Å². The molecule has 0 unspecified atom stereocenters. The Morgan fingerprint density at radius 3 is 1.83 bits per heavy atom. The molecule has 5 heterocycles. The van der Waals surface area contributed by atoms with E-state index in [0.717, 1.165) is 4.53 Å². The molecule has 5 rings (SSSR count). The van der Waals surface area contributed by atoms with Crippen LogP contribution in [0.15, 0.2) is 34.9 Å². The zero-order chi connectivity index (χ0) is 20.3. The Kier molecular flexibility index (Phi) is 4.79. The molecule has 0 saturated heterocycles. The van der Waals surface area contributed by atoms with Gasteiger partial charge in [0.15, 0.2) is 0 Å². The van der Waals surface area contributed by atoms with Crippen LogP contribution in [0.25, 0.3) is 29.4 Å². The highest BCUT2D eigenvalue weighted by Crippen LogP contribution is 2.40. The fourth-order valence-electron chi connectivity index (χ4n) is 3.24. The summed E-state index contributed by atoms with van der Waals surface area (Å²) in [5.41, 5.74) is 2.00. The molecule has 2 N–H and O–H groups in total. The molecule has 4 aromatic rings. The largest absolute Gasteiger partial charge is 0.341 e. The number of allylic oxidation sites excluding steroid dienone is 2. The van der Waals surface area contributed by atoms with Gasteiger partial charge in [0, 0.05) is 68.0 Å². The molecule has 0 amide bonds. The Morgan fingerprint density at radius 2 is 1.31 bits per heavy atom. The molecule has 0 bridgehead atoms. The first kappa shape index (κ1) is 19.3. The van der Waals surface area contributed by atoms with Gasteiger partial charge < -0.3 is 15.7 Å². The molecule has 0 aromatic carbocycles. The average Bonchev–Trinajstić information content (AvgIpc) is 3.46. The first-order chi connectivity index (χ1) is 14.0. The smallest absolute Gasteiger partial charge is 0.0969 e. The van der Waals surface area contributed by atoms with Gasteiger partial charge in [0.2, 0.25) is 0 Å². The minimum atomic E-state index is 0.663. The van der Waals surface area contributed by atoms with Gasteiger partial charge in [-0.1, -0.05) is 11.8 Å². The van der Waals surface area contributed by atoms with E-state index >= 15 is 0 Å². The normalized spacial score (nSPS) is 17.7. The zero-order valence-corrected chi connectivity index (χ0v) is 20.0. The Balaban J connectivity index is 1.65. The molecule has 8 heteroatoms. The van der Waals surface area contributed by atoms with E-state index in [1.54, 1.807) is 22.7 Å². The average molecular weight is 472 g/mol. The van der Waals surface area contributed by atoms with Crippen LogP contribution in [0.5, 0.6) is 0 Å². The van der Waals surface area contributed by atoms with E-state index in [-0.39, 0.29) is 0 Å². The molecule has 1 aliphatic rings. The van der Waals surface area contributed by atoms with Gasteiger partial charge in [-0.15, -0.1) is 45.3 Å². The number of thioether (sulfide) groups is 1. The molecule has 4 aromatic heterocycles. The number of fused-ring (bicyclic) bond motifs is 2. The predicted molar refractivity (Wildman–Crippen MR) is 134 cm³/mol. The Labute approximate surface area is 187 Å². The Morgan fingerprint density at radius 1 is 0.793 bits per heavy atom. The second-order valence-electron chi connectivity index (χ2n) is 6.75. The third-order valence-electron chi connectivity index (χ3n) is 5.03. The van der Waals surface area contributed by atoms with E-state index in [9.17, 15) is 0 Å². The first-order valence-electron chi connectivity index (χ1n) is 8.90. The minimum absolute atomic E-state index is 0.663. The van der Waals surface area contributed by atoms with Crippen LogP contribution in [0, 0.1) is 19.9 Å². The molecule has 0 saturated carbocycles. The summed E-state index contributed by atoms with van der Waals surface area (Å²) in [5.74, 6) is 0.